The smallest absolute Gasteiger partial charge is 0.335 e. The van der Waals surface area contributed by atoms with Gasteiger partial charge in [0.2, 0.25) is 0 Å². The van der Waals surface area contributed by atoms with Crippen molar-refractivity contribution in [2.75, 3.05) is 19.8 Å². The number of benzene rings is 1. The van der Waals surface area contributed by atoms with E-state index in [9.17, 15) is 0 Å². The number of nitrogens with two attached hydrogens (primary N) is 1. The SMILES string of the molecule is CCOC(CN)CCOc1ncn(-c2ccccc2)n1. The van der Waals surface area contributed by atoms with E-state index in [1.807, 2.05) is 37.3 Å². The summed E-state index contributed by atoms with van der Waals surface area (Å²) in [5.74, 6) is 0. The zero-order chi connectivity index (χ0) is 14.2. The van der Waals surface area contributed by atoms with Crippen molar-refractivity contribution in [3.8, 4) is 11.7 Å². The fraction of sp³-hybridized carbons (Fsp3) is 0.429. The number of hydrogen-bond donors (Lipinski definition) is 1. The molecular weight excluding hydrogens is 256 g/mol. The molecule has 0 amide bonds. The predicted molar refractivity (Wildman–Crippen MR) is 75.9 cm³/mol. The third-order valence-electron chi connectivity index (χ3n) is 2.83. The van der Waals surface area contributed by atoms with Crippen LogP contribution in [0, 0.1) is 0 Å². The summed E-state index contributed by atoms with van der Waals surface area (Å²) in [6, 6.07) is 10.1. The van der Waals surface area contributed by atoms with E-state index in [0.717, 1.165) is 12.1 Å². The van der Waals surface area contributed by atoms with Crippen molar-refractivity contribution in [2.45, 2.75) is 19.4 Å². The second-order valence-electron chi connectivity index (χ2n) is 4.26. The number of hydrogen-bond acceptors (Lipinski definition) is 5. The Morgan fingerprint density at radius 3 is 2.80 bits per heavy atom. The van der Waals surface area contributed by atoms with Crippen molar-refractivity contribution in [2.24, 2.45) is 5.73 Å². The van der Waals surface area contributed by atoms with Crippen molar-refractivity contribution >= 4 is 0 Å². The molecule has 0 aliphatic rings. The minimum Gasteiger partial charge on any atom is -0.462 e. The summed E-state index contributed by atoms with van der Waals surface area (Å²) < 4.78 is 12.6. The molecule has 0 spiro atoms. The maximum atomic E-state index is 5.60. The predicted octanol–water partition coefficient (Wildman–Crippen LogP) is 1.40. The molecule has 108 valence electrons. The lowest BCUT2D eigenvalue weighted by Crippen LogP contribution is -2.25. The van der Waals surface area contributed by atoms with Gasteiger partial charge in [0, 0.05) is 19.6 Å². The molecule has 0 aliphatic heterocycles. The highest BCUT2D eigenvalue weighted by atomic mass is 16.5. The highest BCUT2D eigenvalue weighted by Crippen LogP contribution is 2.08. The molecule has 0 radical (unpaired) electrons. The van der Waals surface area contributed by atoms with Gasteiger partial charge in [0.1, 0.15) is 6.33 Å². The van der Waals surface area contributed by atoms with Crippen LogP contribution in [0.1, 0.15) is 13.3 Å². The largest absolute Gasteiger partial charge is 0.462 e. The monoisotopic (exact) mass is 276 g/mol. The lowest BCUT2D eigenvalue weighted by Gasteiger charge is -2.13. The molecule has 2 aromatic rings. The van der Waals surface area contributed by atoms with Gasteiger partial charge in [-0.1, -0.05) is 18.2 Å². The van der Waals surface area contributed by atoms with Crippen molar-refractivity contribution in [1.82, 2.24) is 14.8 Å². The Kier molecular flexibility index (Phi) is 5.52. The first-order valence-electron chi connectivity index (χ1n) is 6.75. The van der Waals surface area contributed by atoms with Gasteiger partial charge in [0.25, 0.3) is 0 Å². The Morgan fingerprint density at radius 2 is 2.10 bits per heavy atom. The molecule has 6 heteroatoms. The first-order valence-corrected chi connectivity index (χ1v) is 6.75. The third-order valence-corrected chi connectivity index (χ3v) is 2.83. The normalized spacial score (nSPS) is 12.3. The molecule has 0 saturated heterocycles. The van der Waals surface area contributed by atoms with Crippen LogP contribution in [0.25, 0.3) is 5.69 Å². The lowest BCUT2D eigenvalue weighted by molar-refractivity contribution is 0.0517. The van der Waals surface area contributed by atoms with Crippen LogP contribution in [-0.2, 0) is 4.74 Å². The molecule has 2 N–H and O–H groups in total. The van der Waals surface area contributed by atoms with E-state index in [-0.39, 0.29) is 6.10 Å². The van der Waals surface area contributed by atoms with Gasteiger partial charge in [-0.3, -0.25) is 0 Å². The van der Waals surface area contributed by atoms with Crippen molar-refractivity contribution < 1.29 is 9.47 Å². The van der Waals surface area contributed by atoms with Gasteiger partial charge in [0.15, 0.2) is 0 Å². The molecule has 1 atom stereocenters. The zero-order valence-electron chi connectivity index (χ0n) is 11.6. The van der Waals surface area contributed by atoms with E-state index < -0.39 is 0 Å². The molecule has 1 aromatic heterocycles. The molecule has 1 unspecified atom stereocenters. The average molecular weight is 276 g/mol. The van der Waals surface area contributed by atoms with Crippen LogP contribution in [0.2, 0.25) is 0 Å². The first kappa shape index (κ1) is 14.5. The highest BCUT2D eigenvalue weighted by Gasteiger charge is 2.08. The maximum absolute atomic E-state index is 5.60. The molecule has 0 fully saturated rings. The summed E-state index contributed by atoms with van der Waals surface area (Å²) in [5, 5.41) is 4.26. The second-order valence-corrected chi connectivity index (χ2v) is 4.26. The Hall–Kier alpha value is -1.92. The van der Waals surface area contributed by atoms with E-state index >= 15 is 0 Å². The van der Waals surface area contributed by atoms with Gasteiger partial charge in [0.05, 0.1) is 18.4 Å². The molecule has 2 rings (SSSR count). The topological polar surface area (TPSA) is 75.2 Å². The standard InChI is InChI=1S/C14H20N4O2/c1-2-19-13(10-15)8-9-20-14-16-11-18(17-14)12-6-4-3-5-7-12/h3-7,11,13H,2,8-10,15H2,1H3. The van der Waals surface area contributed by atoms with Crippen molar-refractivity contribution in [1.29, 1.82) is 0 Å². The molecule has 0 aliphatic carbocycles. The van der Waals surface area contributed by atoms with Gasteiger partial charge in [-0.25, -0.2) is 4.68 Å². The van der Waals surface area contributed by atoms with Crippen LogP contribution in [0.15, 0.2) is 36.7 Å². The van der Waals surface area contributed by atoms with Crippen LogP contribution in [0.4, 0.5) is 0 Å². The van der Waals surface area contributed by atoms with E-state index in [4.69, 9.17) is 15.2 Å². The average Bonchev–Trinajstić information content (AvgIpc) is 2.96. The van der Waals surface area contributed by atoms with Gasteiger partial charge in [-0.15, -0.1) is 5.10 Å². The molecule has 1 aromatic carbocycles. The Balaban J connectivity index is 1.84. The van der Waals surface area contributed by atoms with Crippen molar-refractivity contribution in [3.05, 3.63) is 36.7 Å². The summed E-state index contributed by atoms with van der Waals surface area (Å²) in [6.07, 6.45) is 2.38. The number of ether oxygens (including phenoxy) is 2. The van der Waals surface area contributed by atoms with Gasteiger partial charge < -0.3 is 15.2 Å². The molecule has 1 heterocycles. The zero-order valence-corrected chi connectivity index (χ0v) is 11.6. The lowest BCUT2D eigenvalue weighted by atomic mass is 10.2. The number of rotatable bonds is 8. The van der Waals surface area contributed by atoms with E-state index in [1.54, 1.807) is 11.0 Å². The Labute approximate surface area is 118 Å². The van der Waals surface area contributed by atoms with Gasteiger partial charge >= 0.3 is 6.01 Å². The first-order chi connectivity index (χ1) is 9.83. The van der Waals surface area contributed by atoms with E-state index in [1.165, 1.54) is 0 Å². The van der Waals surface area contributed by atoms with Crippen LogP contribution in [-0.4, -0.2) is 40.6 Å². The van der Waals surface area contributed by atoms with Crippen LogP contribution in [0.5, 0.6) is 6.01 Å². The Bertz CT molecular complexity index is 501. The number of aromatic nitrogens is 3. The maximum Gasteiger partial charge on any atom is 0.335 e. The van der Waals surface area contributed by atoms with Crippen LogP contribution >= 0.6 is 0 Å². The Morgan fingerprint density at radius 1 is 1.30 bits per heavy atom. The molecule has 6 nitrogen and oxygen atoms in total. The number of para-hydroxylation sites is 1. The van der Waals surface area contributed by atoms with Gasteiger partial charge in [-0.05, 0) is 19.1 Å². The molecule has 0 bridgehead atoms. The van der Waals surface area contributed by atoms with Crippen molar-refractivity contribution in [3.63, 3.8) is 0 Å². The molecular formula is C14H20N4O2. The summed E-state index contributed by atoms with van der Waals surface area (Å²) in [5.41, 5.74) is 6.55. The quantitative estimate of drug-likeness (QED) is 0.788. The minimum absolute atomic E-state index is 0.0243. The summed E-state index contributed by atoms with van der Waals surface area (Å²) in [7, 11) is 0. The van der Waals surface area contributed by atoms with Gasteiger partial charge in [-0.2, -0.15) is 4.98 Å². The number of nitrogens with zero attached hydrogens (tertiary/aromatic N) is 3. The summed E-state index contributed by atoms with van der Waals surface area (Å²) in [6.45, 7) is 3.58. The summed E-state index contributed by atoms with van der Waals surface area (Å²) >= 11 is 0. The minimum atomic E-state index is 0.0243. The van der Waals surface area contributed by atoms with E-state index in [0.29, 0.717) is 25.8 Å². The van der Waals surface area contributed by atoms with Crippen LogP contribution < -0.4 is 10.5 Å². The third kappa shape index (κ3) is 4.04. The second kappa shape index (κ2) is 7.62. The summed E-state index contributed by atoms with van der Waals surface area (Å²) in [4.78, 5) is 4.12. The fourth-order valence-corrected chi connectivity index (χ4v) is 1.81. The van der Waals surface area contributed by atoms with Crippen LogP contribution in [0.3, 0.4) is 0 Å². The fourth-order valence-electron chi connectivity index (χ4n) is 1.81. The molecule has 0 saturated carbocycles. The molecule has 20 heavy (non-hydrogen) atoms. The highest BCUT2D eigenvalue weighted by molar-refractivity contribution is 5.29. The van der Waals surface area contributed by atoms with E-state index in [2.05, 4.69) is 10.1 Å².